The van der Waals surface area contributed by atoms with Crippen LogP contribution >= 0.6 is 0 Å². The van der Waals surface area contributed by atoms with Crippen LogP contribution in [0.3, 0.4) is 0 Å². The molecule has 0 aliphatic heterocycles. The van der Waals surface area contributed by atoms with Crippen LogP contribution in [-0.4, -0.2) is 5.66 Å². The normalized spacial score (nSPS) is 11.0. The largest absolute Gasteiger partial charge is 0.397 e. The first-order valence-corrected chi connectivity index (χ1v) is 2.44. The Hall–Kier alpha value is -0.940. The van der Waals surface area contributed by atoms with Crippen molar-refractivity contribution in [1.82, 2.24) is 0 Å². The maximum absolute atomic E-state index is 5.31. The Labute approximate surface area is 53.8 Å². The van der Waals surface area contributed by atoms with E-state index in [0.29, 0.717) is 0 Å². The molecule has 0 radical (unpaired) electrons. The Balaban J connectivity index is 4.40. The second-order valence-electron chi connectivity index (χ2n) is 2.15. The van der Waals surface area contributed by atoms with Crippen molar-refractivity contribution in [1.29, 1.82) is 0 Å². The highest BCUT2D eigenvalue weighted by Crippen LogP contribution is 1.97. The van der Waals surface area contributed by atoms with Gasteiger partial charge in [-0.3, -0.25) is 0 Å². The molecular formula is C4H13N5. The molecule has 5 heteroatoms. The summed E-state index contributed by atoms with van der Waals surface area (Å²) in [7, 11) is 0. The topological polar surface area (TPSA) is 130 Å². The molecule has 0 unspecified atom stereocenters. The molecule has 0 rings (SSSR count). The Morgan fingerprint density at radius 1 is 1.11 bits per heavy atom. The van der Waals surface area contributed by atoms with Crippen molar-refractivity contribution in [2.24, 2.45) is 28.7 Å². The minimum atomic E-state index is -1.11. The van der Waals surface area contributed by atoms with E-state index in [4.69, 9.17) is 28.7 Å². The van der Waals surface area contributed by atoms with Crippen molar-refractivity contribution in [3.05, 3.63) is 11.5 Å². The van der Waals surface area contributed by atoms with Gasteiger partial charge < -0.3 is 28.7 Å². The van der Waals surface area contributed by atoms with Crippen molar-refractivity contribution >= 4 is 0 Å². The van der Waals surface area contributed by atoms with Gasteiger partial charge in [0.15, 0.2) is 0 Å². The first-order chi connectivity index (χ1) is 3.85. The van der Waals surface area contributed by atoms with E-state index in [2.05, 4.69) is 0 Å². The molecule has 0 aromatic rings. The van der Waals surface area contributed by atoms with E-state index in [1.54, 1.807) is 0 Å². The van der Waals surface area contributed by atoms with Crippen molar-refractivity contribution in [3.8, 4) is 0 Å². The number of nitrogens with two attached hydrogens (primary N) is 5. The molecule has 0 fully saturated rings. The van der Waals surface area contributed by atoms with Crippen molar-refractivity contribution < 1.29 is 0 Å². The molecule has 0 heterocycles. The third-order valence-corrected chi connectivity index (χ3v) is 0.891. The SMILES string of the molecule is CC(N)(N)C(N)=C(N)N. The fourth-order valence-corrected chi connectivity index (χ4v) is 0.311. The average molecular weight is 131 g/mol. The molecule has 0 aliphatic carbocycles. The van der Waals surface area contributed by atoms with E-state index in [0.717, 1.165) is 0 Å². The van der Waals surface area contributed by atoms with Gasteiger partial charge in [-0.1, -0.05) is 0 Å². The molecule has 0 bridgehead atoms. The molecule has 0 spiro atoms. The molecule has 0 aromatic heterocycles. The fourth-order valence-electron chi connectivity index (χ4n) is 0.311. The molecule has 5 nitrogen and oxygen atoms in total. The lowest BCUT2D eigenvalue weighted by atomic mass is 10.1. The lowest BCUT2D eigenvalue weighted by Gasteiger charge is -2.19. The van der Waals surface area contributed by atoms with E-state index in [1.165, 1.54) is 6.92 Å². The molecule has 0 aliphatic rings. The minimum absolute atomic E-state index is 0.0255. The van der Waals surface area contributed by atoms with Gasteiger partial charge in [-0.2, -0.15) is 0 Å². The van der Waals surface area contributed by atoms with Crippen LogP contribution in [0, 0.1) is 0 Å². The Morgan fingerprint density at radius 3 is 1.44 bits per heavy atom. The fraction of sp³-hybridized carbons (Fsp3) is 0.500. The smallest absolute Gasteiger partial charge is 0.116 e. The molecular weight excluding hydrogens is 118 g/mol. The Bertz CT molecular complexity index is 126. The van der Waals surface area contributed by atoms with Crippen LogP contribution in [0.1, 0.15) is 6.92 Å². The Morgan fingerprint density at radius 2 is 1.44 bits per heavy atom. The molecule has 0 atom stereocenters. The summed E-state index contributed by atoms with van der Waals surface area (Å²) < 4.78 is 0. The summed E-state index contributed by atoms with van der Waals surface area (Å²) in [6.07, 6.45) is 0. The zero-order valence-corrected chi connectivity index (χ0v) is 5.39. The third-order valence-electron chi connectivity index (χ3n) is 0.891. The van der Waals surface area contributed by atoms with E-state index in [9.17, 15) is 0 Å². The first kappa shape index (κ1) is 8.06. The maximum atomic E-state index is 5.31. The van der Waals surface area contributed by atoms with Crippen LogP contribution in [0.15, 0.2) is 11.5 Å². The summed E-state index contributed by atoms with van der Waals surface area (Å²) in [5, 5.41) is 0. The van der Waals surface area contributed by atoms with E-state index < -0.39 is 5.66 Å². The lowest BCUT2D eigenvalue weighted by Crippen LogP contribution is -2.52. The first-order valence-electron chi connectivity index (χ1n) is 2.44. The van der Waals surface area contributed by atoms with Crippen molar-refractivity contribution in [2.45, 2.75) is 12.6 Å². The van der Waals surface area contributed by atoms with Crippen LogP contribution in [-0.2, 0) is 0 Å². The third kappa shape index (κ3) is 2.20. The zero-order chi connectivity index (χ0) is 7.65. The predicted molar refractivity (Wildman–Crippen MR) is 36.4 cm³/mol. The number of hydrogen-bond donors (Lipinski definition) is 5. The van der Waals surface area contributed by atoms with Crippen LogP contribution in [0.25, 0.3) is 0 Å². The van der Waals surface area contributed by atoms with Crippen LogP contribution in [0.2, 0.25) is 0 Å². The molecule has 9 heavy (non-hydrogen) atoms. The summed E-state index contributed by atoms with van der Waals surface area (Å²) in [6.45, 7) is 1.52. The average Bonchev–Trinajstić information content (AvgIpc) is 1.62. The molecule has 10 N–H and O–H groups in total. The molecule has 0 saturated carbocycles. The van der Waals surface area contributed by atoms with Crippen molar-refractivity contribution in [2.75, 3.05) is 0 Å². The quantitative estimate of drug-likeness (QED) is 0.255. The minimum Gasteiger partial charge on any atom is -0.397 e. The highest BCUT2D eigenvalue weighted by atomic mass is 15.0. The van der Waals surface area contributed by atoms with Crippen molar-refractivity contribution in [3.63, 3.8) is 0 Å². The molecule has 54 valence electrons. The van der Waals surface area contributed by atoms with Crippen LogP contribution in [0.4, 0.5) is 0 Å². The van der Waals surface area contributed by atoms with Gasteiger partial charge in [0.2, 0.25) is 0 Å². The van der Waals surface area contributed by atoms with E-state index >= 15 is 0 Å². The highest BCUT2D eigenvalue weighted by Gasteiger charge is 2.16. The lowest BCUT2D eigenvalue weighted by molar-refractivity contribution is 0.562. The Kier molecular flexibility index (Phi) is 1.90. The maximum Gasteiger partial charge on any atom is 0.116 e. The summed E-state index contributed by atoms with van der Waals surface area (Å²) in [4.78, 5) is 0. The standard InChI is InChI=1S/C4H13N5/c1-4(8,9)2(5)3(6)7/h5-9H2,1H3. The van der Waals surface area contributed by atoms with E-state index in [1.807, 2.05) is 0 Å². The monoisotopic (exact) mass is 131 g/mol. The van der Waals surface area contributed by atoms with Gasteiger partial charge in [-0.05, 0) is 6.92 Å². The second kappa shape index (κ2) is 2.12. The predicted octanol–water partition coefficient (Wildman–Crippen LogP) is -2.33. The van der Waals surface area contributed by atoms with Gasteiger partial charge in [0.1, 0.15) is 11.5 Å². The second-order valence-corrected chi connectivity index (χ2v) is 2.15. The van der Waals surface area contributed by atoms with E-state index in [-0.39, 0.29) is 11.5 Å². The number of hydrogen-bond acceptors (Lipinski definition) is 5. The number of rotatable bonds is 1. The highest BCUT2D eigenvalue weighted by molar-refractivity contribution is 5.15. The van der Waals surface area contributed by atoms with Gasteiger partial charge in [0.25, 0.3) is 0 Å². The van der Waals surface area contributed by atoms with Gasteiger partial charge in [-0.25, -0.2) is 0 Å². The molecule has 0 amide bonds. The van der Waals surface area contributed by atoms with Gasteiger partial charge in [0, 0.05) is 0 Å². The van der Waals surface area contributed by atoms with Gasteiger partial charge >= 0.3 is 0 Å². The van der Waals surface area contributed by atoms with Crippen LogP contribution < -0.4 is 28.7 Å². The summed E-state index contributed by atoms with van der Waals surface area (Å²) in [6, 6.07) is 0. The summed E-state index contributed by atoms with van der Waals surface area (Å²) in [5.41, 5.74) is 25.1. The molecule has 0 saturated heterocycles. The summed E-state index contributed by atoms with van der Waals surface area (Å²) >= 11 is 0. The van der Waals surface area contributed by atoms with Crippen LogP contribution in [0.5, 0.6) is 0 Å². The van der Waals surface area contributed by atoms with Gasteiger partial charge in [-0.15, -0.1) is 0 Å². The molecule has 0 aromatic carbocycles. The summed E-state index contributed by atoms with van der Waals surface area (Å²) in [5.74, 6) is -0.0255. The zero-order valence-electron chi connectivity index (χ0n) is 5.39. The van der Waals surface area contributed by atoms with Gasteiger partial charge in [0.05, 0.1) is 5.70 Å².